The highest BCUT2D eigenvalue weighted by molar-refractivity contribution is 6.01. The highest BCUT2D eigenvalue weighted by Crippen LogP contribution is 2.45. The van der Waals surface area contributed by atoms with Gasteiger partial charge in [-0.15, -0.1) is 0 Å². The number of ketones is 1. The summed E-state index contributed by atoms with van der Waals surface area (Å²) < 4.78 is 5.26. The zero-order valence-corrected chi connectivity index (χ0v) is 18.1. The number of ether oxygens (including phenoxy) is 1. The molecule has 2 N–H and O–H groups in total. The average molecular weight is 441 g/mol. The van der Waals surface area contributed by atoms with E-state index in [4.69, 9.17) is 4.74 Å². The van der Waals surface area contributed by atoms with Gasteiger partial charge in [0.05, 0.1) is 35.0 Å². The molecule has 0 aromatic heterocycles. The Hall–Kier alpha value is -4.13. The summed E-state index contributed by atoms with van der Waals surface area (Å²) in [6.07, 6.45) is 0.961. The highest BCUT2D eigenvalue weighted by atomic mass is 16.6. The van der Waals surface area contributed by atoms with E-state index in [1.807, 2.05) is 48.5 Å². The number of anilines is 2. The van der Waals surface area contributed by atoms with Crippen LogP contribution < -0.4 is 15.4 Å². The minimum absolute atomic E-state index is 0.00586. The first-order valence-electron chi connectivity index (χ1n) is 10.8. The normalized spacial score (nSPS) is 19.5. The molecule has 0 saturated heterocycles. The van der Waals surface area contributed by atoms with Crippen molar-refractivity contribution in [2.75, 3.05) is 17.7 Å². The predicted molar refractivity (Wildman–Crippen MR) is 127 cm³/mol. The van der Waals surface area contributed by atoms with Gasteiger partial charge in [0.2, 0.25) is 0 Å². The van der Waals surface area contributed by atoms with Gasteiger partial charge in [0.15, 0.2) is 5.78 Å². The molecule has 0 saturated carbocycles. The van der Waals surface area contributed by atoms with Crippen molar-refractivity contribution in [3.05, 3.63) is 105 Å². The van der Waals surface area contributed by atoms with Crippen molar-refractivity contribution in [3.8, 4) is 5.75 Å². The van der Waals surface area contributed by atoms with E-state index in [9.17, 15) is 14.9 Å². The van der Waals surface area contributed by atoms with Crippen LogP contribution in [0.15, 0.2) is 84.1 Å². The van der Waals surface area contributed by atoms with Crippen LogP contribution in [-0.2, 0) is 4.79 Å². The number of methoxy groups -OCH3 is 1. The Balaban J connectivity index is 1.62. The van der Waals surface area contributed by atoms with Gasteiger partial charge in [0, 0.05) is 23.8 Å². The number of hydrogen-bond donors (Lipinski definition) is 2. The van der Waals surface area contributed by atoms with Crippen LogP contribution in [0.2, 0.25) is 0 Å². The van der Waals surface area contributed by atoms with Crippen LogP contribution in [-0.4, -0.2) is 17.8 Å². The smallest absolute Gasteiger partial charge is 0.275 e. The summed E-state index contributed by atoms with van der Waals surface area (Å²) in [5, 5.41) is 18.7. The molecule has 5 rings (SSSR count). The molecule has 0 bridgehead atoms. The van der Waals surface area contributed by atoms with Crippen molar-refractivity contribution < 1.29 is 14.5 Å². The van der Waals surface area contributed by atoms with Crippen LogP contribution in [0.4, 0.5) is 17.1 Å². The fourth-order valence-electron chi connectivity index (χ4n) is 4.74. The number of benzene rings is 3. The molecule has 3 aromatic rings. The second-order valence-corrected chi connectivity index (χ2v) is 8.26. The largest absolute Gasteiger partial charge is 0.497 e. The molecule has 0 radical (unpaired) electrons. The van der Waals surface area contributed by atoms with Crippen LogP contribution in [0.25, 0.3) is 0 Å². The summed E-state index contributed by atoms with van der Waals surface area (Å²) >= 11 is 0. The number of para-hydroxylation sites is 3. The van der Waals surface area contributed by atoms with Gasteiger partial charge in [-0.2, -0.15) is 0 Å². The second-order valence-electron chi connectivity index (χ2n) is 8.26. The predicted octanol–water partition coefficient (Wildman–Crippen LogP) is 5.58. The van der Waals surface area contributed by atoms with Crippen LogP contribution in [0.5, 0.6) is 5.75 Å². The maximum Gasteiger partial charge on any atom is 0.275 e. The number of nitro groups is 1. The van der Waals surface area contributed by atoms with Gasteiger partial charge >= 0.3 is 0 Å². The maximum atomic E-state index is 13.6. The third kappa shape index (κ3) is 3.82. The molecule has 7 heteroatoms. The molecular weight excluding hydrogens is 418 g/mol. The third-order valence-electron chi connectivity index (χ3n) is 6.34. The molecule has 0 amide bonds. The van der Waals surface area contributed by atoms with Gasteiger partial charge in [-0.3, -0.25) is 14.9 Å². The summed E-state index contributed by atoms with van der Waals surface area (Å²) in [7, 11) is 1.62. The lowest BCUT2D eigenvalue weighted by Gasteiger charge is -2.29. The summed E-state index contributed by atoms with van der Waals surface area (Å²) in [5.41, 5.74) is 4.53. The van der Waals surface area contributed by atoms with E-state index in [2.05, 4.69) is 10.6 Å². The molecule has 1 heterocycles. The summed E-state index contributed by atoms with van der Waals surface area (Å²) in [5.74, 6) is 0.752. The van der Waals surface area contributed by atoms with Crippen LogP contribution in [0, 0.1) is 10.1 Å². The SMILES string of the molecule is COc1ccc([C@H]2CC(=O)C3=C(C2)Nc2ccccc2N[C@H]3c2ccccc2[N+](=O)[O-])cc1. The van der Waals surface area contributed by atoms with Crippen molar-refractivity contribution in [3.63, 3.8) is 0 Å². The van der Waals surface area contributed by atoms with Crippen LogP contribution >= 0.6 is 0 Å². The number of allylic oxidation sites excluding steroid dienone is 1. The standard InChI is InChI=1S/C26H23N3O4/c1-33-18-12-10-16(11-13-18)17-14-22-25(24(30)15-17)26(19-6-2-5-9-23(19)29(31)32)28-21-8-4-3-7-20(21)27-22/h2-13,17,26-28H,14-15H2,1H3/t17-,26+/m1/s1. The van der Waals surface area contributed by atoms with E-state index in [0.29, 0.717) is 24.0 Å². The summed E-state index contributed by atoms with van der Waals surface area (Å²) in [6.45, 7) is 0. The summed E-state index contributed by atoms with van der Waals surface area (Å²) in [4.78, 5) is 25.0. The maximum absolute atomic E-state index is 13.6. The number of nitrogens with zero attached hydrogens (tertiary/aromatic N) is 1. The third-order valence-corrected chi connectivity index (χ3v) is 6.34. The zero-order chi connectivity index (χ0) is 22.9. The van der Waals surface area contributed by atoms with E-state index >= 15 is 0 Å². The molecule has 0 unspecified atom stereocenters. The van der Waals surface area contributed by atoms with Crippen LogP contribution in [0.1, 0.15) is 35.9 Å². The molecule has 3 aromatic carbocycles. The molecule has 7 nitrogen and oxygen atoms in total. The van der Waals surface area contributed by atoms with E-state index in [0.717, 1.165) is 28.4 Å². The lowest BCUT2D eigenvalue weighted by Crippen LogP contribution is -2.27. The Labute approximate surface area is 191 Å². The molecule has 0 fully saturated rings. The molecule has 2 atom stereocenters. The summed E-state index contributed by atoms with van der Waals surface area (Å²) in [6, 6.07) is 21.4. The Morgan fingerprint density at radius 1 is 0.939 bits per heavy atom. The molecule has 1 aliphatic carbocycles. The quantitative estimate of drug-likeness (QED) is 0.405. The second kappa shape index (κ2) is 8.43. The molecule has 1 aliphatic heterocycles. The first-order chi connectivity index (χ1) is 16.0. The Morgan fingerprint density at radius 2 is 1.64 bits per heavy atom. The van der Waals surface area contributed by atoms with Crippen LogP contribution in [0.3, 0.4) is 0 Å². The Morgan fingerprint density at radius 3 is 2.36 bits per heavy atom. The van der Waals surface area contributed by atoms with E-state index in [-0.39, 0.29) is 17.4 Å². The fraction of sp³-hybridized carbons (Fsp3) is 0.192. The lowest BCUT2D eigenvalue weighted by molar-refractivity contribution is -0.385. The molecule has 33 heavy (non-hydrogen) atoms. The van der Waals surface area contributed by atoms with Gasteiger partial charge in [0.25, 0.3) is 5.69 Å². The van der Waals surface area contributed by atoms with Gasteiger partial charge in [0.1, 0.15) is 5.75 Å². The zero-order valence-electron chi connectivity index (χ0n) is 18.1. The number of Topliss-reactive ketones (excluding diaryl/α,β-unsaturated/α-hetero) is 1. The average Bonchev–Trinajstić information content (AvgIpc) is 3.01. The van der Waals surface area contributed by atoms with Gasteiger partial charge in [-0.05, 0) is 48.2 Å². The topological polar surface area (TPSA) is 93.5 Å². The molecule has 166 valence electrons. The Kier molecular flexibility index (Phi) is 5.30. The van der Waals surface area contributed by atoms with Gasteiger partial charge in [-0.1, -0.05) is 36.4 Å². The van der Waals surface area contributed by atoms with Gasteiger partial charge < -0.3 is 15.4 Å². The first kappa shape index (κ1) is 20.8. The number of hydrogen-bond acceptors (Lipinski definition) is 6. The van der Waals surface area contributed by atoms with E-state index < -0.39 is 11.0 Å². The van der Waals surface area contributed by atoms with Crippen molar-refractivity contribution in [1.82, 2.24) is 0 Å². The molecule has 2 aliphatic rings. The number of nitrogens with one attached hydrogen (secondary N) is 2. The minimum atomic E-state index is -0.623. The fourth-order valence-corrected chi connectivity index (χ4v) is 4.74. The molecule has 0 spiro atoms. The lowest BCUT2D eigenvalue weighted by atomic mass is 9.78. The number of fused-ring (bicyclic) bond motifs is 1. The van der Waals surface area contributed by atoms with E-state index in [1.165, 1.54) is 6.07 Å². The van der Waals surface area contributed by atoms with Gasteiger partial charge in [-0.25, -0.2) is 0 Å². The van der Waals surface area contributed by atoms with Crippen molar-refractivity contribution in [2.24, 2.45) is 0 Å². The number of carbonyl (C=O) groups excluding carboxylic acids is 1. The van der Waals surface area contributed by atoms with Crippen molar-refractivity contribution in [1.29, 1.82) is 0 Å². The minimum Gasteiger partial charge on any atom is -0.497 e. The number of rotatable bonds is 4. The van der Waals surface area contributed by atoms with Crippen molar-refractivity contribution in [2.45, 2.75) is 24.8 Å². The highest BCUT2D eigenvalue weighted by Gasteiger charge is 2.38. The Bertz CT molecular complexity index is 1270. The number of carbonyl (C=O) groups is 1. The molecular formula is C26H23N3O4. The first-order valence-corrected chi connectivity index (χ1v) is 10.8. The van der Waals surface area contributed by atoms with Crippen molar-refractivity contribution >= 4 is 22.8 Å². The van der Waals surface area contributed by atoms with E-state index in [1.54, 1.807) is 25.3 Å². The monoisotopic (exact) mass is 441 g/mol. The number of nitro benzene ring substituents is 1.